The molecule has 0 aliphatic carbocycles. The predicted molar refractivity (Wildman–Crippen MR) is 98.9 cm³/mol. The van der Waals surface area contributed by atoms with E-state index in [2.05, 4.69) is 10.4 Å². The fraction of sp³-hybridized carbons (Fsp3) is 0.111. The first-order valence-corrected chi connectivity index (χ1v) is 8.24. The Kier molecular flexibility index (Phi) is 5.26. The number of methoxy groups -OCH3 is 1. The average Bonchev–Trinajstić information content (AvgIpc) is 3.06. The molecule has 0 atom stereocenters. The van der Waals surface area contributed by atoms with Crippen molar-refractivity contribution in [2.75, 3.05) is 12.4 Å². The van der Waals surface area contributed by atoms with Crippen LogP contribution in [0, 0.1) is 0 Å². The van der Waals surface area contributed by atoms with Gasteiger partial charge in [-0.3, -0.25) is 4.79 Å². The van der Waals surface area contributed by atoms with Crippen LogP contribution < -0.4 is 10.1 Å². The van der Waals surface area contributed by atoms with E-state index < -0.39 is 0 Å². The van der Waals surface area contributed by atoms with Gasteiger partial charge in [-0.1, -0.05) is 35.3 Å². The summed E-state index contributed by atoms with van der Waals surface area (Å²) < 4.78 is 6.72. The van der Waals surface area contributed by atoms with Crippen molar-refractivity contribution in [3.63, 3.8) is 0 Å². The summed E-state index contributed by atoms with van der Waals surface area (Å²) in [6, 6.07) is 14.3. The molecule has 0 unspecified atom stereocenters. The first-order valence-electron chi connectivity index (χ1n) is 7.49. The van der Waals surface area contributed by atoms with Gasteiger partial charge < -0.3 is 10.1 Å². The lowest BCUT2D eigenvalue weighted by molar-refractivity contribution is -0.115. The number of benzene rings is 2. The molecular weight excluding hydrogens is 361 g/mol. The maximum absolute atomic E-state index is 12.2. The normalized spacial score (nSPS) is 10.5. The van der Waals surface area contributed by atoms with E-state index in [0.717, 1.165) is 17.0 Å². The molecule has 3 rings (SSSR count). The lowest BCUT2D eigenvalue weighted by atomic mass is 10.1. The molecule has 25 heavy (non-hydrogen) atoms. The molecule has 0 saturated heterocycles. The number of carbonyl (C=O) groups is 1. The zero-order chi connectivity index (χ0) is 17.8. The third-order valence-corrected chi connectivity index (χ3v) is 4.29. The molecule has 0 saturated carbocycles. The number of halogens is 2. The second kappa shape index (κ2) is 7.59. The average molecular weight is 376 g/mol. The Morgan fingerprint density at radius 2 is 1.88 bits per heavy atom. The smallest absolute Gasteiger partial charge is 0.229 e. The van der Waals surface area contributed by atoms with Gasteiger partial charge in [0.2, 0.25) is 5.91 Å². The molecule has 0 aliphatic heterocycles. The van der Waals surface area contributed by atoms with E-state index >= 15 is 0 Å². The van der Waals surface area contributed by atoms with Crippen LogP contribution in [0.5, 0.6) is 5.75 Å². The molecule has 1 N–H and O–H groups in total. The van der Waals surface area contributed by atoms with Crippen LogP contribution in [0.25, 0.3) is 5.69 Å². The molecule has 0 fully saturated rings. The molecule has 2 aromatic carbocycles. The van der Waals surface area contributed by atoms with Gasteiger partial charge in [0.25, 0.3) is 0 Å². The van der Waals surface area contributed by atoms with Crippen LogP contribution >= 0.6 is 23.2 Å². The summed E-state index contributed by atoms with van der Waals surface area (Å²) in [5.41, 5.74) is 1.65. The van der Waals surface area contributed by atoms with E-state index in [4.69, 9.17) is 27.9 Å². The summed E-state index contributed by atoms with van der Waals surface area (Å²) in [6.45, 7) is 0. The second-order valence-corrected chi connectivity index (χ2v) is 6.13. The van der Waals surface area contributed by atoms with Crippen molar-refractivity contribution in [1.82, 2.24) is 9.78 Å². The molecule has 1 aromatic heterocycles. The molecular formula is C18H15Cl2N3O2. The number of nitrogens with zero attached hydrogens (tertiary/aromatic N) is 2. The number of aromatic nitrogens is 2. The molecule has 0 radical (unpaired) electrons. The Morgan fingerprint density at radius 1 is 1.12 bits per heavy atom. The number of rotatable bonds is 5. The topological polar surface area (TPSA) is 56.1 Å². The quantitative estimate of drug-likeness (QED) is 0.720. The van der Waals surface area contributed by atoms with E-state index in [0.29, 0.717) is 15.9 Å². The Labute approximate surface area is 155 Å². The highest BCUT2D eigenvalue weighted by Gasteiger charge is 2.08. The van der Waals surface area contributed by atoms with Crippen molar-refractivity contribution >= 4 is 34.9 Å². The molecule has 1 heterocycles. The molecule has 128 valence electrons. The van der Waals surface area contributed by atoms with Crippen LogP contribution in [0.2, 0.25) is 10.0 Å². The predicted octanol–water partition coefficient (Wildman–Crippen LogP) is 4.37. The minimum absolute atomic E-state index is 0.149. The van der Waals surface area contributed by atoms with Crippen LogP contribution in [-0.4, -0.2) is 22.8 Å². The van der Waals surface area contributed by atoms with E-state index in [1.165, 1.54) is 0 Å². The Morgan fingerprint density at radius 3 is 2.56 bits per heavy atom. The molecule has 1 amide bonds. The number of hydrogen-bond acceptors (Lipinski definition) is 3. The summed E-state index contributed by atoms with van der Waals surface area (Å²) >= 11 is 11.9. The number of hydrogen-bond donors (Lipinski definition) is 1. The van der Waals surface area contributed by atoms with E-state index in [1.807, 2.05) is 24.3 Å². The van der Waals surface area contributed by atoms with Crippen molar-refractivity contribution in [3.8, 4) is 11.4 Å². The van der Waals surface area contributed by atoms with Gasteiger partial charge in [0.15, 0.2) is 5.82 Å². The van der Waals surface area contributed by atoms with Crippen molar-refractivity contribution in [2.45, 2.75) is 6.42 Å². The minimum atomic E-state index is -0.149. The molecule has 7 heteroatoms. The first kappa shape index (κ1) is 17.3. The molecule has 3 aromatic rings. The van der Waals surface area contributed by atoms with E-state index in [-0.39, 0.29) is 12.3 Å². The van der Waals surface area contributed by atoms with Crippen LogP contribution in [0.1, 0.15) is 5.56 Å². The lowest BCUT2D eigenvalue weighted by Crippen LogP contribution is -2.15. The van der Waals surface area contributed by atoms with Gasteiger partial charge in [-0.05, 0) is 35.9 Å². The highest BCUT2D eigenvalue weighted by Crippen LogP contribution is 2.24. The number of ether oxygens (including phenoxy) is 1. The Bertz CT molecular complexity index is 892. The second-order valence-electron chi connectivity index (χ2n) is 5.32. The maximum Gasteiger partial charge on any atom is 0.229 e. The van der Waals surface area contributed by atoms with Gasteiger partial charge in [-0.25, -0.2) is 4.68 Å². The summed E-state index contributed by atoms with van der Waals surface area (Å²) in [4.78, 5) is 12.2. The number of anilines is 1. The zero-order valence-corrected chi connectivity index (χ0v) is 14.9. The lowest BCUT2D eigenvalue weighted by Gasteiger charge is -2.05. The van der Waals surface area contributed by atoms with Crippen molar-refractivity contribution in [1.29, 1.82) is 0 Å². The summed E-state index contributed by atoms with van der Waals surface area (Å²) in [5, 5.41) is 8.02. The highest BCUT2D eigenvalue weighted by molar-refractivity contribution is 6.42. The summed E-state index contributed by atoms with van der Waals surface area (Å²) in [5.74, 6) is 1.07. The third kappa shape index (κ3) is 4.32. The molecule has 0 bridgehead atoms. The Balaban J connectivity index is 1.65. The Hall–Kier alpha value is -2.50. The monoisotopic (exact) mass is 375 g/mol. The first-order chi connectivity index (χ1) is 12.0. The fourth-order valence-corrected chi connectivity index (χ4v) is 2.57. The van der Waals surface area contributed by atoms with Crippen molar-refractivity contribution in [2.24, 2.45) is 0 Å². The van der Waals surface area contributed by atoms with Gasteiger partial charge in [0.05, 0.1) is 29.3 Å². The van der Waals surface area contributed by atoms with Gasteiger partial charge in [0, 0.05) is 12.3 Å². The largest absolute Gasteiger partial charge is 0.497 e. The summed E-state index contributed by atoms with van der Waals surface area (Å²) in [7, 11) is 1.60. The SMILES string of the molecule is COc1ccc(CC(=O)Nc2ccn(-c3ccc(Cl)c(Cl)c3)n2)cc1. The molecule has 0 aliphatic rings. The maximum atomic E-state index is 12.2. The van der Waals surface area contributed by atoms with Gasteiger partial charge in [0.1, 0.15) is 5.75 Å². The van der Waals surface area contributed by atoms with Crippen LogP contribution in [0.15, 0.2) is 54.7 Å². The van der Waals surface area contributed by atoms with Gasteiger partial charge >= 0.3 is 0 Å². The van der Waals surface area contributed by atoms with E-state index in [9.17, 15) is 4.79 Å². The fourth-order valence-electron chi connectivity index (χ4n) is 2.28. The zero-order valence-electron chi connectivity index (χ0n) is 13.4. The van der Waals surface area contributed by atoms with Crippen molar-refractivity contribution < 1.29 is 9.53 Å². The molecule has 0 spiro atoms. The third-order valence-electron chi connectivity index (χ3n) is 3.55. The summed E-state index contributed by atoms with van der Waals surface area (Å²) in [6.07, 6.45) is 1.99. The van der Waals surface area contributed by atoms with Crippen LogP contribution in [0.4, 0.5) is 5.82 Å². The number of amides is 1. The number of carbonyl (C=O) groups excluding carboxylic acids is 1. The highest BCUT2D eigenvalue weighted by atomic mass is 35.5. The van der Waals surface area contributed by atoms with Gasteiger partial charge in [-0.15, -0.1) is 0 Å². The minimum Gasteiger partial charge on any atom is -0.497 e. The van der Waals surface area contributed by atoms with Crippen molar-refractivity contribution in [3.05, 3.63) is 70.3 Å². The number of nitrogens with one attached hydrogen (secondary N) is 1. The van der Waals surface area contributed by atoms with Crippen LogP contribution in [0.3, 0.4) is 0 Å². The van der Waals surface area contributed by atoms with Gasteiger partial charge in [-0.2, -0.15) is 5.10 Å². The van der Waals surface area contributed by atoms with E-state index in [1.54, 1.807) is 42.3 Å². The van der Waals surface area contributed by atoms with Crippen LogP contribution in [-0.2, 0) is 11.2 Å². The molecule has 5 nitrogen and oxygen atoms in total. The standard InChI is InChI=1S/C18H15Cl2N3O2/c1-25-14-5-2-12(3-6-14)10-18(24)21-17-8-9-23(22-17)13-4-7-15(19)16(20)11-13/h2-9,11H,10H2,1H3,(H,21,22,24).